The van der Waals surface area contributed by atoms with Crippen LogP contribution in [0, 0.1) is 5.82 Å². The molecule has 2 rings (SSSR count). The fourth-order valence-electron chi connectivity index (χ4n) is 2.38. The summed E-state index contributed by atoms with van der Waals surface area (Å²) in [5, 5.41) is 5.17. The van der Waals surface area contributed by atoms with E-state index in [0.717, 1.165) is 5.56 Å². The van der Waals surface area contributed by atoms with Crippen LogP contribution in [0.5, 0.6) is 0 Å². The minimum Gasteiger partial charge on any atom is -0.326 e. The second-order valence-corrected chi connectivity index (χ2v) is 5.24. The number of benzene rings is 2. The summed E-state index contributed by atoms with van der Waals surface area (Å²) in [6.45, 7) is 3.27. The largest absolute Gasteiger partial charge is 0.326 e. The normalized spacial score (nSPS) is 11.6. The zero-order valence-electron chi connectivity index (χ0n) is 13.1. The van der Waals surface area contributed by atoms with Crippen LogP contribution in [0.3, 0.4) is 0 Å². The van der Waals surface area contributed by atoms with E-state index < -0.39 is 5.82 Å². The Morgan fingerprint density at radius 3 is 2.39 bits per heavy atom. The fraction of sp³-hybridized carbons (Fsp3) is 0.222. The molecule has 0 bridgehead atoms. The molecule has 0 heterocycles. The molecule has 5 heteroatoms. The van der Waals surface area contributed by atoms with Gasteiger partial charge in [-0.25, -0.2) is 4.39 Å². The zero-order valence-corrected chi connectivity index (χ0v) is 13.1. The third-order valence-corrected chi connectivity index (χ3v) is 3.47. The average molecular weight is 314 g/mol. The second kappa shape index (κ2) is 7.54. The highest BCUT2D eigenvalue weighted by molar-refractivity contribution is 5.97. The second-order valence-electron chi connectivity index (χ2n) is 5.24. The lowest BCUT2D eigenvalue weighted by Crippen LogP contribution is -2.21. The van der Waals surface area contributed by atoms with Crippen molar-refractivity contribution in [3.63, 3.8) is 0 Å². The molecular weight excluding hydrogens is 295 g/mol. The van der Waals surface area contributed by atoms with Crippen LogP contribution in [-0.4, -0.2) is 11.8 Å². The van der Waals surface area contributed by atoms with Gasteiger partial charge < -0.3 is 10.6 Å². The Hall–Kier alpha value is -2.69. The predicted octanol–water partition coefficient (Wildman–Crippen LogP) is 3.92. The Bertz CT molecular complexity index is 701. The number of anilines is 2. The van der Waals surface area contributed by atoms with Gasteiger partial charge in [0, 0.05) is 12.6 Å². The van der Waals surface area contributed by atoms with Gasteiger partial charge in [-0.2, -0.15) is 0 Å². The van der Waals surface area contributed by atoms with Gasteiger partial charge in [-0.3, -0.25) is 9.59 Å². The Kier molecular flexibility index (Phi) is 5.46. The summed E-state index contributed by atoms with van der Waals surface area (Å²) in [7, 11) is 0. The van der Waals surface area contributed by atoms with Crippen molar-refractivity contribution in [2.45, 2.75) is 26.2 Å². The molecule has 2 N–H and O–H groups in total. The van der Waals surface area contributed by atoms with Gasteiger partial charge in [-0.05, 0) is 30.2 Å². The molecule has 2 amide bonds. The smallest absolute Gasteiger partial charge is 0.231 e. The summed E-state index contributed by atoms with van der Waals surface area (Å²) in [4.78, 5) is 23.5. The lowest BCUT2D eigenvalue weighted by molar-refractivity contribution is -0.117. The fourth-order valence-corrected chi connectivity index (χ4v) is 2.38. The number of carbonyl (C=O) groups excluding carboxylic acids is 2. The SMILES string of the molecule is CCC(C(=O)Nc1cc(NC(C)=O)ccc1F)c1ccccc1. The Balaban J connectivity index is 2.20. The number of amides is 2. The molecule has 0 saturated heterocycles. The first-order valence-electron chi connectivity index (χ1n) is 7.44. The van der Waals surface area contributed by atoms with Gasteiger partial charge >= 0.3 is 0 Å². The molecule has 0 saturated carbocycles. The van der Waals surface area contributed by atoms with Gasteiger partial charge in [0.15, 0.2) is 0 Å². The Morgan fingerprint density at radius 1 is 1.09 bits per heavy atom. The summed E-state index contributed by atoms with van der Waals surface area (Å²) in [5.41, 5.74) is 1.36. The van der Waals surface area contributed by atoms with Crippen molar-refractivity contribution in [3.8, 4) is 0 Å². The highest BCUT2D eigenvalue weighted by atomic mass is 19.1. The molecule has 2 aromatic carbocycles. The topological polar surface area (TPSA) is 58.2 Å². The van der Waals surface area contributed by atoms with Gasteiger partial charge in [0.25, 0.3) is 0 Å². The van der Waals surface area contributed by atoms with Gasteiger partial charge in [-0.15, -0.1) is 0 Å². The van der Waals surface area contributed by atoms with E-state index in [1.54, 1.807) is 0 Å². The third-order valence-electron chi connectivity index (χ3n) is 3.47. The summed E-state index contributed by atoms with van der Waals surface area (Å²) in [6.07, 6.45) is 0.600. The van der Waals surface area contributed by atoms with Crippen LogP contribution < -0.4 is 10.6 Å². The molecule has 1 unspecified atom stereocenters. The molecule has 0 aliphatic heterocycles. The number of carbonyl (C=O) groups is 2. The van der Waals surface area contributed by atoms with Crippen molar-refractivity contribution in [1.82, 2.24) is 0 Å². The molecule has 2 aromatic rings. The first-order valence-corrected chi connectivity index (χ1v) is 7.44. The van der Waals surface area contributed by atoms with Crippen LogP contribution in [0.25, 0.3) is 0 Å². The van der Waals surface area contributed by atoms with E-state index in [2.05, 4.69) is 10.6 Å². The molecule has 1 atom stereocenters. The molecular formula is C18H19FN2O2. The van der Waals surface area contributed by atoms with Crippen molar-refractivity contribution >= 4 is 23.2 Å². The molecule has 0 aliphatic carbocycles. The summed E-state index contributed by atoms with van der Waals surface area (Å²) < 4.78 is 13.9. The van der Waals surface area contributed by atoms with Crippen molar-refractivity contribution in [1.29, 1.82) is 0 Å². The minimum atomic E-state index is -0.546. The van der Waals surface area contributed by atoms with E-state index in [-0.39, 0.29) is 23.4 Å². The lowest BCUT2D eigenvalue weighted by atomic mass is 9.95. The standard InChI is InChI=1S/C18H19FN2O2/c1-3-15(13-7-5-4-6-8-13)18(23)21-17-11-14(20-12(2)22)9-10-16(17)19/h4-11,15H,3H2,1-2H3,(H,20,22)(H,21,23). The average Bonchev–Trinajstić information content (AvgIpc) is 2.52. The molecule has 4 nitrogen and oxygen atoms in total. The maximum absolute atomic E-state index is 13.9. The van der Waals surface area contributed by atoms with Crippen LogP contribution >= 0.6 is 0 Å². The van der Waals surface area contributed by atoms with Crippen LogP contribution in [-0.2, 0) is 9.59 Å². The zero-order chi connectivity index (χ0) is 16.8. The van der Waals surface area contributed by atoms with E-state index in [9.17, 15) is 14.0 Å². The van der Waals surface area contributed by atoms with Gasteiger partial charge in [0.2, 0.25) is 11.8 Å². The molecule has 0 aromatic heterocycles. The van der Waals surface area contributed by atoms with Crippen LogP contribution in [0.1, 0.15) is 31.7 Å². The molecule has 0 spiro atoms. The minimum absolute atomic E-state index is 0.0515. The number of hydrogen-bond donors (Lipinski definition) is 2. The number of halogens is 1. The van der Waals surface area contributed by atoms with E-state index in [1.807, 2.05) is 37.3 Å². The van der Waals surface area contributed by atoms with Crippen molar-refractivity contribution in [2.75, 3.05) is 10.6 Å². The molecule has 0 radical (unpaired) electrons. The molecule has 120 valence electrons. The molecule has 0 aliphatic rings. The quantitative estimate of drug-likeness (QED) is 0.879. The lowest BCUT2D eigenvalue weighted by Gasteiger charge is -2.16. The summed E-state index contributed by atoms with van der Waals surface area (Å²) in [5.74, 6) is -1.45. The Morgan fingerprint density at radius 2 is 1.78 bits per heavy atom. The van der Waals surface area contributed by atoms with Gasteiger partial charge in [0.05, 0.1) is 11.6 Å². The highest BCUT2D eigenvalue weighted by Crippen LogP contribution is 2.24. The van der Waals surface area contributed by atoms with Crippen LogP contribution in [0.2, 0.25) is 0 Å². The molecule has 23 heavy (non-hydrogen) atoms. The van der Waals surface area contributed by atoms with E-state index in [1.165, 1.54) is 25.1 Å². The maximum Gasteiger partial charge on any atom is 0.231 e. The van der Waals surface area contributed by atoms with E-state index in [4.69, 9.17) is 0 Å². The number of hydrogen-bond acceptors (Lipinski definition) is 2. The third kappa shape index (κ3) is 4.39. The van der Waals surface area contributed by atoms with Crippen LogP contribution in [0.4, 0.5) is 15.8 Å². The van der Waals surface area contributed by atoms with Crippen molar-refractivity contribution in [2.24, 2.45) is 0 Å². The summed E-state index contributed by atoms with van der Waals surface area (Å²) in [6, 6.07) is 13.4. The Labute approximate surface area is 134 Å². The number of nitrogens with one attached hydrogen (secondary N) is 2. The van der Waals surface area contributed by atoms with Crippen LogP contribution in [0.15, 0.2) is 48.5 Å². The maximum atomic E-state index is 13.9. The first kappa shape index (κ1) is 16.7. The van der Waals surface area contributed by atoms with E-state index >= 15 is 0 Å². The number of rotatable bonds is 5. The monoisotopic (exact) mass is 314 g/mol. The first-order chi connectivity index (χ1) is 11.0. The summed E-state index contributed by atoms with van der Waals surface area (Å²) >= 11 is 0. The highest BCUT2D eigenvalue weighted by Gasteiger charge is 2.19. The van der Waals surface area contributed by atoms with Gasteiger partial charge in [-0.1, -0.05) is 37.3 Å². The predicted molar refractivity (Wildman–Crippen MR) is 88.8 cm³/mol. The molecule has 0 fully saturated rings. The van der Waals surface area contributed by atoms with Crippen molar-refractivity contribution in [3.05, 3.63) is 59.9 Å². The van der Waals surface area contributed by atoms with Gasteiger partial charge in [0.1, 0.15) is 5.82 Å². The van der Waals surface area contributed by atoms with Crippen molar-refractivity contribution < 1.29 is 14.0 Å². The van der Waals surface area contributed by atoms with E-state index in [0.29, 0.717) is 12.1 Å².